The van der Waals surface area contributed by atoms with Crippen LogP contribution in [0.4, 0.5) is 0 Å². The largest absolute Gasteiger partial charge is 0.380 e. The molecule has 0 aliphatic carbocycles. The third-order valence-corrected chi connectivity index (χ3v) is 2.04. The summed E-state index contributed by atoms with van der Waals surface area (Å²) >= 11 is 0. The number of halogens is 1. The molecule has 4 heteroatoms. The molecule has 2 rings (SSSR count). The zero-order chi connectivity index (χ0) is 8.39. The van der Waals surface area contributed by atoms with Crippen molar-refractivity contribution in [3.8, 4) is 0 Å². The fourth-order valence-corrected chi connectivity index (χ4v) is 1.46. The SMILES string of the molecule is COCc1cnc2c(c1)CNC2.Cl. The molecule has 0 fully saturated rings. The van der Waals surface area contributed by atoms with Crippen LogP contribution in [-0.4, -0.2) is 12.1 Å². The molecular weight excluding hydrogens is 188 g/mol. The predicted octanol–water partition coefficient (Wildman–Crippen LogP) is 1.25. The number of fused-ring (bicyclic) bond motifs is 1. The lowest BCUT2D eigenvalue weighted by atomic mass is 10.2. The summed E-state index contributed by atoms with van der Waals surface area (Å²) in [6.07, 6.45) is 1.88. The van der Waals surface area contributed by atoms with Gasteiger partial charge in [-0.05, 0) is 17.2 Å². The third kappa shape index (κ3) is 2.18. The summed E-state index contributed by atoms with van der Waals surface area (Å²) < 4.78 is 5.03. The minimum atomic E-state index is 0. The Morgan fingerprint density at radius 2 is 2.38 bits per heavy atom. The lowest BCUT2D eigenvalue weighted by molar-refractivity contribution is 0.184. The summed E-state index contributed by atoms with van der Waals surface area (Å²) in [5.74, 6) is 0. The highest BCUT2D eigenvalue weighted by Gasteiger charge is 2.10. The van der Waals surface area contributed by atoms with Crippen molar-refractivity contribution in [2.45, 2.75) is 19.7 Å². The van der Waals surface area contributed by atoms with E-state index in [2.05, 4.69) is 16.4 Å². The Labute approximate surface area is 83.9 Å². The van der Waals surface area contributed by atoms with Gasteiger partial charge in [-0.15, -0.1) is 12.4 Å². The van der Waals surface area contributed by atoms with Gasteiger partial charge in [0.2, 0.25) is 0 Å². The Kier molecular flexibility index (Phi) is 3.66. The highest BCUT2D eigenvalue weighted by atomic mass is 35.5. The molecule has 0 aromatic carbocycles. The molecule has 0 saturated carbocycles. The van der Waals surface area contributed by atoms with Gasteiger partial charge < -0.3 is 10.1 Å². The van der Waals surface area contributed by atoms with Crippen LogP contribution in [0.25, 0.3) is 0 Å². The molecule has 1 aliphatic rings. The van der Waals surface area contributed by atoms with Crippen LogP contribution in [0.5, 0.6) is 0 Å². The van der Waals surface area contributed by atoms with Crippen molar-refractivity contribution in [1.82, 2.24) is 10.3 Å². The van der Waals surface area contributed by atoms with Gasteiger partial charge in [0.25, 0.3) is 0 Å². The third-order valence-electron chi connectivity index (χ3n) is 2.04. The quantitative estimate of drug-likeness (QED) is 0.781. The predicted molar refractivity (Wildman–Crippen MR) is 52.7 cm³/mol. The van der Waals surface area contributed by atoms with Gasteiger partial charge in [-0.1, -0.05) is 0 Å². The first-order valence-electron chi connectivity index (χ1n) is 4.06. The summed E-state index contributed by atoms with van der Waals surface area (Å²) in [6.45, 7) is 2.50. The molecule has 1 aliphatic heterocycles. The molecule has 0 radical (unpaired) electrons. The van der Waals surface area contributed by atoms with E-state index < -0.39 is 0 Å². The second-order valence-corrected chi connectivity index (χ2v) is 2.99. The van der Waals surface area contributed by atoms with E-state index in [1.54, 1.807) is 7.11 Å². The summed E-state index contributed by atoms with van der Waals surface area (Å²) in [4.78, 5) is 4.34. The van der Waals surface area contributed by atoms with Crippen LogP contribution >= 0.6 is 12.4 Å². The molecule has 13 heavy (non-hydrogen) atoms. The molecule has 1 aromatic heterocycles. The molecule has 2 heterocycles. The van der Waals surface area contributed by atoms with E-state index in [4.69, 9.17) is 4.74 Å². The van der Waals surface area contributed by atoms with E-state index in [9.17, 15) is 0 Å². The topological polar surface area (TPSA) is 34.1 Å². The van der Waals surface area contributed by atoms with Gasteiger partial charge in [-0.3, -0.25) is 4.98 Å². The van der Waals surface area contributed by atoms with Crippen LogP contribution in [0.1, 0.15) is 16.8 Å². The number of rotatable bonds is 2. The summed E-state index contributed by atoms with van der Waals surface area (Å²) in [5, 5.41) is 3.25. The molecule has 0 spiro atoms. The minimum Gasteiger partial charge on any atom is -0.380 e. The molecule has 0 saturated heterocycles. The van der Waals surface area contributed by atoms with E-state index in [0.29, 0.717) is 6.61 Å². The van der Waals surface area contributed by atoms with E-state index in [-0.39, 0.29) is 12.4 Å². The zero-order valence-corrected chi connectivity index (χ0v) is 8.36. The Hall–Kier alpha value is -0.640. The molecule has 0 atom stereocenters. The van der Waals surface area contributed by atoms with Gasteiger partial charge in [0.05, 0.1) is 12.3 Å². The second-order valence-electron chi connectivity index (χ2n) is 2.99. The number of nitrogens with one attached hydrogen (secondary N) is 1. The van der Waals surface area contributed by atoms with Gasteiger partial charge in [-0.2, -0.15) is 0 Å². The van der Waals surface area contributed by atoms with E-state index >= 15 is 0 Å². The van der Waals surface area contributed by atoms with Crippen molar-refractivity contribution in [1.29, 1.82) is 0 Å². The van der Waals surface area contributed by atoms with Gasteiger partial charge in [0, 0.05) is 26.4 Å². The Bertz CT molecular complexity index is 291. The molecule has 0 unspecified atom stereocenters. The minimum absolute atomic E-state index is 0. The van der Waals surface area contributed by atoms with Crippen molar-refractivity contribution >= 4 is 12.4 Å². The van der Waals surface area contributed by atoms with Crippen LogP contribution in [0.15, 0.2) is 12.3 Å². The first kappa shape index (κ1) is 10.4. The smallest absolute Gasteiger partial charge is 0.0728 e. The van der Waals surface area contributed by atoms with E-state index in [1.165, 1.54) is 11.3 Å². The number of pyridine rings is 1. The molecule has 1 aromatic rings. The van der Waals surface area contributed by atoms with Crippen LogP contribution in [0.3, 0.4) is 0 Å². The maximum absolute atomic E-state index is 5.03. The Balaban J connectivity index is 0.000000845. The van der Waals surface area contributed by atoms with Gasteiger partial charge in [-0.25, -0.2) is 0 Å². The molecule has 1 N–H and O–H groups in total. The second kappa shape index (κ2) is 4.56. The van der Waals surface area contributed by atoms with Crippen molar-refractivity contribution in [3.05, 3.63) is 29.1 Å². The fraction of sp³-hybridized carbons (Fsp3) is 0.444. The maximum Gasteiger partial charge on any atom is 0.0728 e. The highest BCUT2D eigenvalue weighted by molar-refractivity contribution is 5.85. The van der Waals surface area contributed by atoms with E-state index in [0.717, 1.165) is 18.7 Å². The monoisotopic (exact) mass is 200 g/mol. The number of hydrogen-bond acceptors (Lipinski definition) is 3. The Morgan fingerprint density at radius 3 is 3.15 bits per heavy atom. The summed E-state index contributed by atoms with van der Waals surface area (Å²) in [7, 11) is 1.70. The number of nitrogens with zero attached hydrogens (tertiary/aromatic N) is 1. The van der Waals surface area contributed by atoms with Gasteiger partial charge >= 0.3 is 0 Å². The van der Waals surface area contributed by atoms with Crippen molar-refractivity contribution in [2.75, 3.05) is 7.11 Å². The van der Waals surface area contributed by atoms with Crippen LogP contribution < -0.4 is 5.32 Å². The maximum atomic E-state index is 5.03. The molecule has 0 amide bonds. The van der Waals surface area contributed by atoms with Gasteiger partial charge in [0.1, 0.15) is 0 Å². The summed E-state index contributed by atoms with van der Waals surface area (Å²) in [5.41, 5.74) is 3.64. The molecule has 3 nitrogen and oxygen atoms in total. The molecule has 72 valence electrons. The lowest BCUT2D eigenvalue weighted by Crippen LogP contribution is -2.00. The van der Waals surface area contributed by atoms with Crippen LogP contribution in [0.2, 0.25) is 0 Å². The first-order chi connectivity index (χ1) is 5.90. The molecular formula is C9H13ClN2O. The van der Waals surface area contributed by atoms with Crippen LogP contribution in [0, 0.1) is 0 Å². The fourth-order valence-electron chi connectivity index (χ4n) is 1.46. The van der Waals surface area contributed by atoms with Crippen molar-refractivity contribution in [3.63, 3.8) is 0 Å². The van der Waals surface area contributed by atoms with Gasteiger partial charge in [0.15, 0.2) is 0 Å². The number of hydrogen-bond donors (Lipinski definition) is 1. The zero-order valence-electron chi connectivity index (χ0n) is 7.54. The normalized spacial score (nSPS) is 13.6. The highest BCUT2D eigenvalue weighted by Crippen LogP contribution is 2.14. The van der Waals surface area contributed by atoms with Crippen molar-refractivity contribution in [2.24, 2.45) is 0 Å². The van der Waals surface area contributed by atoms with E-state index in [1.807, 2.05) is 6.20 Å². The van der Waals surface area contributed by atoms with Crippen LogP contribution in [-0.2, 0) is 24.4 Å². The summed E-state index contributed by atoms with van der Waals surface area (Å²) in [6, 6.07) is 2.16. The van der Waals surface area contributed by atoms with Crippen molar-refractivity contribution < 1.29 is 4.74 Å². The average Bonchev–Trinajstić information content (AvgIpc) is 2.51. The first-order valence-corrected chi connectivity index (χ1v) is 4.06. The number of ether oxygens (including phenoxy) is 1. The Morgan fingerprint density at radius 1 is 1.54 bits per heavy atom. The lowest BCUT2D eigenvalue weighted by Gasteiger charge is -2.01. The standard InChI is InChI=1S/C9H12N2O.ClH/c1-12-6-7-2-8-4-10-5-9(8)11-3-7;/h2-3,10H,4-6H2,1H3;1H. The average molecular weight is 201 g/mol. The number of aromatic nitrogens is 1. The molecule has 0 bridgehead atoms. The number of methoxy groups -OCH3 is 1.